The van der Waals surface area contributed by atoms with E-state index in [0.29, 0.717) is 18.7 Å². The van der Waals surface area contributed by atoms with E-state index in [9.17, 15) is 4.79 Å². The first-order valence-corrected chi connectivity index (χ1v) is 7.84. The number of carbonyl (C=O) groups is 1. The highest BCUT2D eigenvalue weighted by Gasteiger charge is 2.25. The maximum Gasteiger partial charge on any atom is 0.231 e. The Kier molecular flexibility index (Phi) is 4.70. The van der Waals surface area contributed by atoms with E-state index < -0.39 is 0 Å². The summed E-state index contributed by atoms with van der Waals surface area (Å²) in [6, 6.07) is 15.0. The molecule has 0 fully saturated rings. The second-order valence-corrected chi connectivity index (χ2v) is 5.79. The summed E-state index contributed by atoms with van der Waals surface area (Å²) in [7, 11) is 0. The summed E-state index contributed by atoms with van der Waals surface area (Å²) in [6.07, 6.45) is 3.11. The van der Waals surface area contributed by atoms with Gasteiger partial charge < -0.3 is 20.9 Å². The predicted molar refractivity (Wildman–Crippen MR) is 94.5 cm³/mol. The molecule has 24 heavy (non-hydrogen) atoms. The molecule has 1 aliphatic heterocycles. The SMILES string of the molecule is N=CC(C=N)c1ccc(NC(=O)C2COc3ccccc3C2)cc1. The number of para-hydroxylation sites is 1. The zero-order valence-electron chi connectivity index (χ0n) is 13.2. The van der Waals surface area contributed by atoms with Crippen molar-refractivity contribution in [2.24, 2.45) is 5.92 Å². The first-order chi connectivity index (χ1) is 11.7. The van der Waals surface area contributed by atoms with E-state index in [2.05, 4.69) is 5.32 Å². The number of hydrogen-bond donors (Lipinski definition) is 3. The van der Waals surface area contributed by atoms with Crippen LogP contribution in [0.2, 0.25) is 0 Å². The summed E-state index contributed by atoms with van der Waals surface area (Å²) >= 11 is 0. The maximum atomic E-state index is 12.4. The molecular weight excluding hydrogens is 302 g/mol. The Morgan fingerprint density at radius 1 is 1.12 bits per heavy atom. The van der Waals surface area contributed by atoms with Crippen molar-refractivity contribution >= 4 is 24.0 Å². The van der Waals surface area contributed by atoms with Crippen molar-refractivity contribution < 1.29 is 9.53 Å². The minimum atomic E-state index is -0.321. The molecule has 0 spiro atoms. The Morgan fingerprint density at radius 2 is 1.83 bits per heavy atom. The number of amides is 1. The van der Waals surface area contributed by atoms with Crippen LogP contribution in [-0.2, 0) is 11.2 Å². The number of fused-ring (bicyclic) bond motifs is 1. The lowest BCUT2D eigenvalue weighted by Gasteiger charge is -2.24. The van der Waals surface area contributed by atoms with Crippen molar-refractivity contribution in [3.8, 4) is 5.75 Å². The first-order valence-electron chi connectivity index (χ1n) is 7.84. The normalized spacial score (nSPS) is 17.1. The smallest absolute Gasteiger partial charge is 0.231 e. The van der Waals surface area contributed by atoms with Gasteiger partial charge in [0.05, 0.1) is 11.8 Å². The summed E-state index contributed by atoms with van der Waals surface area (Å²) in [5, 5.41) is 17.5. The number of ether oxygens (including phenoxy) is 1. The third-order valence-electron chi connectivity index (χ3n) is 4.17. The van der Waals surface area contributed by atoms with Crippen LogP contribution in [0, 0.1) is 16.7 Å². The summed E-state index contributed by atoms with van der Waals surface area (Å²) in [5.41, 5.74) is 2.61. The lowest BCUT2D eigenvalue weighted by atomic mass is 9.96. The van der Waals surface area contributed by atoms with Crippen LogP contribution < -0.4 is 10.1 Å². The predicted octanol–water partition coefficient (Wildman–Crippen LogP) is 3.26. The minimum absolute atomic E-state index is 0.0621. The van der Waals surface area contributed by atoms with Gasteiger partial charge in [-0.3, -0.25) is 4.79 Å². The Bertz CT molecular complexity index is 747. The molecule has 3 N–H and O–H groups in total. The van der Waals surface area contributed by atoms with Crippen molar-refractivity contribution in [3.63, 3.8) is 0 Å². The Morgan fingerprint density at radius 3 is 2.54 bits per heavy atom. The number of rotatable bonds is 5. The van der Waals surface area contributed by atoms with Gasteiger partial charge in [-0.05, 0) is 35.7 Å². The third kappa shape index (κ3) is 3.35. The number of hydrogen-bond acceptors (Lipinski definition) is 4. The summed E-state index contributed by atoms with van der Waals surface area (Å²) in [5.74, 6) is 0.261. The van der Waals surface area contributed by atoms with Crippen LogP contribution in [0.15, 0.2) is 48.5 Å². The summed E-state index contributed by atoms with van der Waals surface area (Å²) < 4.78 is 5.66. The minimum Gasteiger partial charge on any atom is -0.492 e. The number of anilines is 1. The zero-order chi connectivity index (χ0) is 16.9. The second kappa shape index (κ2) is 7.08. The Balaban J connectivity index is 1.65. The monoisotopic (exact) mass is 321 g/mol. The molecule has 1 heterocycles. The number of benzene rings is 2. The van der Waals surface area contributed by atoms with E-state index in [-0.39, 0.29) is 17.7 Å². The first kappa shape index (κ1) is 15.9. The van der Waals surface area contributed by atoms with Gasteiger partial charge in [-0.2, -0.15) is 0 Å². The van der Waals surface area contributed by atoms with Gasteiger partial charge in [0, 0.05) is 18.1 Å². The van der Waals surface area contributed by atoms with E-state index in [1.165, 1.54) is 12.4 Å². The van der Waals surface area contributed by atoms with Gasteiger partial charge in [-0.1, -0.05) is 30.3 Å². The molecule has 3 rings (SSSR count). The van der Waals surface area contributed by atoms with Crippen LogP contribution in [0.3, 0.4) is 0 Å². The van der Waals surface area contributed by atoms with E-state index in [1.807, 2.05) is 36.4 Å². The molecule has 5 nitrogen and oxygen atoms in total. The van der Waals surface area contributed by atoms with E-state index in [4.69, 9.17) is 15.6 Å². The van der Waals surface area contributed by atoms with Crippen LogP contribution in [-0.4, -0.2) is 24.9 Å². The van der Waals surface area contributed by atoms with Crippen molar-refractivity contribution in [1.29, 1.82) is 10.8 Å². The highest BCUT2D eigenvalue weighted by Crippen LogP contribution is 2.27. The van der Waals surface area contributed by atoms with E-state index in [0.717, 1.165) is 16.9 Å². The molecule has 0 aliphatic carbocycles. The van der Waals surface area contributed by atoms with Gasteiger partial charge in [0.25, 0.3) is 0 Å². The molecule has 1 unspecified atom stereocenters. The molecule has 1 atom stereocenters. The Labute approximate surface area is 140 Å². The molecular formula is C19H19N3O2. The van der Waals surface area contributed by atoms with Crippen molar-refractivity contribution in [2.45, 2.75) is 12.3 Å². The molecule has 0 radical (unpaired) electrons. The molecule has 1 aliphatic rings. The fraction of sp³-hybridized carbons (Fsp3) is 0.211. The van der Waals surface area contributed by atoms with E-state index >= 15 is 0 Å². The average Bonchev–Trinajstić information content (AvgIpc) is 2.63. The standard InChI is InChI=1S/C19H19N3O2/c20-10-16(11-21)13-5-7-17(8-6-13)22-19(23)15-9-14-3-1-2-4-18(14)24-12-15/h1-8,10-11,15-16,20-21H,9,12H2,(H,22,23). The third-order valence-corrected chi connectivity index (χ3v) is 4.17. The Hall–Kier alpha value is -2.95. The van der Waals surface area contributed by atoms with Gasteiger partial charge >= 0.3 is 0 Å². The largest absolute Gasteiger partial charge is 0.492 e. The van der Waals surface area contributed by atoms with Crippen molar-refractivity contribution in [3.05, 3.63) is 59.7 Å². The highest BCUT2D eigenvalue weighted by molar-refractivity contribution is 5.93. The summed E-state index contributed by atoms with van der Waals surface area (Å²) in [6.45, 7) is 0.380. The molecule has 1 amide bonds. The molecule has 2 aromatic rings. The number of nitrogens with one attached hydrogen (secondary N) is 3. The lowest BCUT2D eigenvalue weighted by Crippen LogP contribution is -2.32. The number of carbonyl (C=O) groups excluding carboxylic acids is 1. The molecule has 0 bridgehead atoms. The quantitative estimate of drug-likeness (QED) is 0.738. The molecule has 122 valence electrons. The van der Waals surface area contributed by atoms with Crippen LogP contribution >= 0.6 is 0 Å². The molecule has 0 saturated heterocycles. The lowest BCUT2D eigenvalue weighted by molar-refractivity contribution is -0.121. The highest BCUT2D eigenvalue weighted by atomic mass is 16.5. The zero-order valence-corrected chi connectivity index (χ0v) is 13.2. The van der Waals surface area contributed by atoms with Gasteiger partial charge in [-0.15, -0.1) is 0 Å². The topological polar surface area (TPSA) is 86.0 Å². The summed E-state index contributed by atoms with van der Waals surface area (Å²) in [4.78, 5) is 12.4. The van der Waals surface area contributed by atoms with Crippen LogP contribution in [0.5, 0.6) is 5.75 Å². The van der Waals surface area contributed by atoms with Crippen molar-refractivity contribution in [1.82, 2.24) is 0 Å². The van der Waals surface area contributed by atoms with Gasteiger partial charge in [-0.25, -0.2) is 0 Å². The fourth-order valence-corrected chi connectivity index (χ4v) is 2.77. The van der Waals surface area contributed by atoms with Gasteiger partial charge in [0.2, 0.25) is 5.91 Å². The van der Waals surface area contributed by atoms with Crippen molar-refractivity contribution in [2.75, 3.05) is 11.9 Å². The fourth-order valence-electron chi connectivity index (χ4n) is 2.77. The molecule has 0 aromatic heterocycles. The van der Waals surface area contributed by atoms with Crippen LogP contribution in [0.1, 0.15) is 17.0 Å². The second-order valence-electron chi connectivity index (χ2n) is 5.79. The molecule has 2 aromatic carbocycles. The van der Waals surface area contributed by atoms with Gasteiger partial charge in [0.1, 0.15) is 12.4 Å². The average molecular weight is 321 g/mol. The van der Waals surface area contributed by atoms with E-state index in [1.54, 1.807) is 12.1 Å². The van der Waals surface area contributed by atoms with Gasteiger partial charge in [0.15, 0.2) is 0 Å². The molecule has 0 saturated carbocycles. The maximum absolute atomic E-state index is 12.4. The van der Waals surface area contributed by atoms with Crippen LogP contribution in [0.4, 0.5) is 5.69 Å². The van der Waals surface area contributed by atoms with Crippen LogP contribution in [0.25, 0.3) is 0 Å². The molecule has 5 heteroatoms.